The van der Waals surface area contributed by atoms with Crippen LogP contribution in [0.5, 0.6) is 0 Å². The molecule has 0 atom stereocenters. The summed E-state index contributed by atoms with van der Waals surface area (Å²) in [5.41, 5.74) is 2.14. The van der Waals surface area contributed by atoms with E-state index in [2.05, 4.69) is 22.0 Å². The van der Waals surface area contributed by atoms with E-state index in [1.165, 1.54) is 5.56 Å². The van der Waals surface area contributed by atoms with Crippen LogP contribution in [0.15, 0.2) is 22.7 Å². The molecule has 1 aromatic carbocycles. The highest BCUT2D eigenvalue weighted by molar-refractivity contribution is 9.10. The molecule has 0 spiro atoms. The number of halogens is 1. The minimum Gasteiger partial charge on any atom is -0.294 e. The Balaban J connectivity index is 2.49. The van der Waals surface area contributed by atoms with Gasteiger partial charge in [-0.1, -0.05) is 22.0 Å². The maximum atomic E-state index is 11.6. The second-order valence-electron chi connectivity index (χ2n) is 3.43. The Morgan fingerprint density at radius 2 is 1.92 bits per heavy atom. The smallest absolute Gasteiger partial charge is 0.163 e. The Bertz CT molecular complexity index is 344. The molecule has 0 fully saturated rings. The van der Waals surface area contributed by atoms with Gasteiger partial charge in [0.2, 0.25) is 0 Å². The van der Waals surface area contributed by atoms with Gasteiger partial charge in [-0.05, 0) is 37.0 Å². The Hall–Kier alpha value is -0.630. The van der Waals surface area contributed by atoms with Crippen LogP contribution in [0.4, 0.5) is 0 Å². The van der Waals surface area contributed by atoms with Gasteiger partial charge >= 0.3 is 0 Å². The molecule has 68 valence electrons. The molecule has 0 heterocycles. The van der Waals surface area contributed by atoms with Crippen LogP contribution in [0.25, 0.3) is 0 Å². The number of hydrogen-bond donors (Lipinski definition) is 0. The summed E-state index contributed by atoms with van der Waals surface area (Å²) >= 11 is 3.39. The van der Waals surface area contributed by atoms with Crippen LogP contribution in [-0.4, -0.2) is 5.78 Å². The average Bonchev–Trinajstić information content (AvgIpc) is 2.29. The fourth-order valence-corrected chi connectivity index (χ4v) is 2.12. The number of fused-ring (bicyclic) bond motifs is 1. The topological polar surface area (TPSA) is 17.1 Å². The van der Waals surface area contributed by atoms with Gasteiger partial charge in [0.15, 0.2) is 5.78 Å². The first-order valence-electron chi connectivity index (χ1n) is 4.59. The summed E-state index contributed by atoms with van der Waals surface area (Å²) in [4.78, 5) is 11.6. The molecule has 1 aliphatic rings. The lowest BCUT2D eigenvalue weighted by Gasteiger charge is -2.03. The summed E-state index contributed by atoms with van der Waals surface area (Å²) in [5.74, 6) is 0.300. The number of carbonyl (C=O) groups excluding carboxylic acids is 1. The molecule has 0 saturated heterocycles. The highest BCUT2D eigenvalue weighted by Crippen LogP contribution is 2.23. The molecule has 0 unspecified atom stereocenters. The molecule has 0 aliphatic heterocycles. The van der Waals surface area contributed by atoms with Gasteiger partial charge in [-0.25, -0.2) is 0 Å². The molecule has 0 bridgehead atoms. The zero-order valence-electron chi connectivity index (χ0n) is 7.35. The summed E-state index contributed by atoms with van der Waals surface area (Å²) in [6, 6.07) is 6.02. The summed E-state index contributed by atoms with van der Waals surface area (Å²) in [6.45, 7) is 0. The maximum absolute atomic E-state index is 11.6. The molecule has 1 nitrogen and oxygen atoms in total. The van der Waals surface area contributed by atoms with Crippen molar-refractivity contribution in [3.63, 3.8) is 0 Å². The lowest BCUT2D eigenvalue weighted by Crippen LogP contribution is -1.99. The lowest BCUT2D eigenvalue weighted by atomic mass is 10.0. The normalized spacial score (nSPS) is 16.5. The average molecular weight is 239 g/mol. The highest BCUT2D eigenvalue weighted by Gasteiger charge is 2.14. The minimum absolute atomic E-state index is 0.300. The van der Waals surface area contributed by atoms with Gasteiger partial charge in [-0.2, -0.15) is 0 Å². The van der Waals surface area contributed by atoms with E-state index in [1.54, 1.807) is 0 Å². The number of aryl methyl sites for hydroxylation is 1. The number of Topliss-reactive ketones (excluding diaryl/α,β-unsaturated/α-hetero) is 1. The molecule has 1 aliphatic carbocycles. The third-order valence-corrected chi connectivity index (χ3v) is 2.97. The molecule has 0 N–H and O–H groups in total. The molecule has 1 aromatic rings. The van der Waals surface area contributed by atoms with Crippen molar-refractivity contribution < 1.29 is 4.79 Å². The van der Waals surface area contributed by atoms with Crippen LogP contribution in [0.3, 0.4) is 0 Å². The standard InChI is InChI=1S/C11H11BrO/c12-9-6-5-8-3-1-2-4-11(13)10(8)7-9/h5-7H,1-4H2. The van der Waals surface area contributed by atoms with E-state index < -0.39 is 0 Å². The fourth-order valence-electron chi connectivity index (χ4n) is 1.76. The van der Waals surface area contributed by atoms with Gasteiger partial charge in [-0.15, -0.1) is 0 Å². The van der Waals surface area contributed by atoms with Crippen LogP contribution < -0.4 is 0 Å². The Morgan fingerprint density at radius 1 is 1.15 bits per heavy atom. The molecule has 0 saturated carbocycles. The molecule has 0 amide bonds. The Morgan fingerprint density at radius 3 is 2.77 bits per heavy atom. The van der Waals surface area contributed by atoms with Crippen molar-refractivity contribution in [2.24, 2.45) is 0 Å². The first-order valence-corrected chi connectivity index (χ1v) is 5.38. The second-order valence-corrected chi connectivity index (χ2v) is 4.35. The first kappa shape index (κ1) is 8.95. The number of carbonyl (C=O) groups is 1. The highest BCUT2D eigenvalue weighted by atomic mass is 79.9. The molecule has 0 aromatic heterocycles. The molecule has 0 radical (unpaired) electrons. The number of hydrogen-bond acceptors (Lipinski definition) is 1. The van der Waals surface area contributed by atoms with E-state index in [4.69, 9.17) is 0 Å². The fraction of sp³-hybridized carbons (Fsp3) is 0.364. The number of rotatable bonds is 0. The van der Waals surface area contributed by atoms with Gasteiger partial charge < -0.3 is 0 Å². The van der Waals surface area contributed by atoms with E-state index in [-0.39, 0.29) is 0 Å². The van der Waals surface area contributed by atoms with Crippen molar-refractivity contribution in [1.29, 1.82) is 0 Å². The third-order valence-electron chi connectivity index (χ3n) is 2.47. The van der Waals surface area contributed by atoms with Crippen molar-refractivity contribution in [2.45, 2.75) is 25.7 Å². The lowest BCUT2D eigenvalue weighted by molar-refractivity contribution is 0.0982. The monoisotopic (exact) mass is 238 g/mol. The van der Waals surface area contributed by atoms with Crippen LogP contribution in [0.2, 0.25) is 0 Å². The van der Waals surface area contributed by atoms with E-state index in [0.29, 0.717) is 12.2 Å². The Labute approximate surface area is 86.3 Å². The zero-order valence-corrected chi connectivity index (χ0v) is 8.93. The predicted molar refractivity (Wildman–Crippen MR) is 56.0 cm³/mol. The number of benzene rings is 1. The van der Waals surface area contributed by atoms with Crippen molar-refractivity contribution in [2.75, 3.05) is 0 Å². The summed E-state index contributed by atoms with van der Waals surface area (Å²) < 4.78 is 1.00. The Kier molecular flexibility index (Phi) is 2.49. The van der Waals surface area contributed by atoms with Gasteiger partial charge in [0, 0.05) is 16.5 Å². The quantitative estimate of drug-likeness (QED) is 0.634. The van der Waals surface area contributed by atoms with E-state index >= 15 is 0 Å². The van der Waals surface area contributed by atoms with Gasteiger partial charge in [0.05, 0.1) is 0 Å². The number of ketones is 1. The van der Waals surface area contributed by atoms with E-state index in [0.717, 1.165) is 29.3 Å². The zero-order chi connectivity index (χ0) is 9.26. The summed E-state index contributed by atoms with van der Waals surface area (Å²) in [7, 11) is 0. The van der Waals surface area contributed by atoms with Crippen LogP contribution in [0, 0.1) is 0 Å². The van der Waals surface area contributed by atoms with Gasteiger partial charge in [-0.3, -0.25) is 4.79 Å². The maximum Gasteiger partial charge on any atom is 0.163 e. The largest absolute Gasteiger partial charge is 0.294 e. The summed E-state index contributed by atoms with van der Waals surface area (Å²) in [6.07, 6.45) is 3.93. The summed E-state index contributed by atoms with van der Waals surface area (Å²) in [5, 5.41) is 0. The van der Waals surface area contributed by atoms with Crippen LogP contribution in [0.1, 0.15) is 35.2 Å². The van der Waals surface area contributed by atoms with Crippen molar-refractivity contribution in [3.05, 3.63) is 33.8 Å². The first-order chi connectivity index (χ1) is 6.27. The van der Waals surface area contributed by atoms with Crippen LogP contribution in [-0.2, 0) is 6.42 Å². The SMILES string of the molecule is O=C1CCCCc2ccc(Br)cc21. The third kappa shape index (κ3) is 1.83. The van der Waals surface area contributed by atoms with Crippen molar-refractivity contribution >= 4 is 21.7 Å². The minimum atomic E-state index is 0.300. The van der Waals surface area contributed by atoms with Gasteiger partial charge in [0.1, 0.15) is 0 Å². The van der Waals surface area contributed by atoms with E-state index in [9.17, 15) is 4.79 Å². The predicted octanol–water partition coefficient (Wildman–Crippen LogP) is 3.36. The molecular weight excluding hydrogens is 228 g/mol. The van der Waals surface area contributed by atoms with Crippen molar-refractivity contribution in [3.8, 4) is 0 Å². The van der Waals surface area contributed by atoms with Crippen molar-refractivity contribution in [1.82, 2.24) is 0 Å². The van der Waals surface area contributed by atoms with Crippen LogP contribution >= 0.6 is 15.9 Å². The molecule has 2 rings (SSSR count). The second kappa shape index (κ2) is 3.62. The molecule has 2 heteroatoms. The molecule has 13 heavy (non-hydrogen) atoms. The van der Waals surface area contributed by atoms with Gasteiger partial charge in [0.25, 0.3) is 0 Å². The van der Waals surface area contributed by atoms with E-state index in [1.807, 2.05) is 12.1 Å². The molecular formula is C11H11BrO.